The van der Waals surface area contributed by atoms with Gasteiger partial charge < -0.3 is 0 Å². The van der Waals surface area contributed by atoms with Gasteiger partial charge in [-0.05, 0) is 38.6 Å². The standard InChI is InChI=1S/C19H21N5O/c1-23-5-3-4-18(23)19(25)8-16-7-13-6-14(9-21-17(13)11-20-16)15-10-22-24(2)12-15/h6-7,9-12,18H,3-5,8H2,1-2H3/t18-/m1/s1. The van der Waals surface area contributed by atoms with Crippen molar-refractivity contribution < 1.29 is 4.79 Å². The lowest BCUT2D eigenvalue weighted by atomic mass is 10.0. The maximum absolute atomic E-state index is 12.5. The Bertz CT molecular complexity index is 932. The van der Waals surface area contributed by atoms with Crippen LogP contribution >= 0.6 is 0 Å². The van der Waals surface area contributed by atoms with Crippen LogP contribution in [-0.4, -0.2) is 50.1 Å². The molecule has 4 rings (SSSR count). The minimum atomic E-state index is 0.0392. The van der Waals surface area contributed by atoms with Crippen molar-refractivity contribution in [1.82, 2.24) is 24.6 Å². The second-order valence-corrected chi connectivity index (χ2v) is 6.78. The molecule has 128 valence electrons. The molecule has 0 N–H and O–H groups in total. The molecule has 1 atom stereocenters. The highest BCUT2D eigenvalue weighted by molar-refractivity contribution is 5.88. The summed E-state index contributed by atoms with van der Waals surface area (Å²) in [5.74, 6) is 0.253. The third-order valence-corrected chi connectivity index (χ3v) is 4.91. The van der Waals surface area contributed by atoms with E-state index >= 15 is 0 Å². The van der Waals surface area contributed by atoms with E-state index < -0.39 is 0 Å². The third-order valence-electron chi connectivity index (χ3n) is 4.91. The molecule has 0 bridgehead atoms. The Kier molecular flexibility index (Phi) is 4.05. The Labute approximate surface area is 146 Å². The number of fused-ring (bicyclic) bond motifs is 1. The van der Waals surface area contributed by atoms with Crippen molar-refractivity contribution in [2.75, 3.05) is 13.6 Å². The molecule has 1 aliphatic rings. The summed E-state index contributed by atoms with van der Waals surface area (Å²) in [5.41, 5.74) is 3.68. The summed E-state index contributed by atoms with van der Waals surface area (Å²) in [5, 5.41) is 5.21. The monoisotopic (exact) mass is 335 g/mol. The maximum Gasteiger partial charge on any atom is 0.155 e. The van der Waals surface area contributed by atoms with E-state index in [0.717, 1.165) is 47.1 Å². The van der Waals surface area contributed by atoms with Crippen LogP contribution < -0.4 is 0 Å². The largest absolute Gasteiger partial charge is 0.297 e. The number of pyridine rings is 2. The van der Waals surface area contributed by atoms with Crippen LogP contribution in [0.25, 0.3) is 22.0 Å². The Balaban J connectivity index is 1.61. The van der Waals surface area contributed by atoms with E-state index in [4.69, 9.17) is 0 Å². The summed E-state index contributed by atoms with van der Waals surface area (Å²) in [4.78, 5) is 23.6. The zero-order valence-electron chi connectivity index (χ0n) is 14.5. The van der Waals surface area contributed by atoms with Gasteiger partial charge in [-0.15, -0.1) is 0 Å². The van der Waals surface area contributed by atoms with Crippen LogP contribution in [0.5, 0.6) is 0 Å². The average Bonchev–Trinajstić information content (AvgIpc) is 3.22. The molecule has 1 fully saturated rings. The van der Waals surface area contributed by atoms with Gasteiger partial charge in [0.1, 0.15) is 0 Å². The molecule has 3 aromatic rings. The number of carbonyl (C=O) groups excluding carboxylic acids is 1. The Hall–Kier alpha value is -2.60. The molecule has 0 amide bonds. The second kappa shape index (κ2) is 6.37. The maximum atomic E-state index is 12.5. The van der Waals surface area contributed by atoms with Crippen molar-refractivity contribution in [3.05, 3.63) is 42.6 Å². The van der Waals surface area contributed by atoms with E-state index in [9.17, 15) is 4.79 Å². The second-order valence-electron chi connectivity index (χ2n) is 6.78. The number of ketones is 1. The molecule has 4 heterocycles. The number of carbonyl (C=O) groups is 1. The van der Waals surface area contributed by atoms with Crippen molar-refractivity contribution in [3.63, 3.8) is 0 Å². The van der Waals surface area contributed by atoms with Crippen molar-refractivity contribution in [3.8, 4) is 11.1 Å². The molecule has 0 aromatic carbocycles. The molecule has 25 heavy (non-hydrogen) atoms. The molecule has 6 nitrogen and oxygen atoms in total. The fourth-order valence-corrected chi connectivity index (χ4v) is 3.51. The van der Waals surface area contributed by atoms with E-state index in [1.54, 1.807) is 10.9 Å². The number of nitrogens with zero attached hydrogens (tertiary/aromatic N) is 5. The summed E-state index contributed by atoms with van der Waals surface area (Å²) in [6.45, 7) is 1.000. The van der Waals surface area contributed by atoms with E-state index in [1.165, 1.54) is 0 Å². The van der Waals surface area contributed by atoms with Gasteiger partial charge in [0.15, 0.2) is 5.78 Å². The van der Waals surface area contributed by atoms with Gasteiger partial charge in [-0.1, -0.05) is 0 Å². The summed E-state index contributed by atoms with van der Waals surface area (Å²) in [7, 11) is 3.92. The van der Waals surface area contributed by atoms with Gasteiger partial charge in [-0.3, -0.25) is 24.3 Å². The van der Waals surface area contributed by atoms with E-state index in [2.05, 4.69) is 26.0 Å². The summed E-state index contributed by atoms with van der Waals surface area (Å²) in [6.07, 6.45) is 9.80. The number of hydrogen-bond acceptors (Lipinski definition) is 5. The Morgan fingerprint density at radius 3 is 2.76 bits per heavy atom. The highest BCUT2D eigenvalue weighted by Gasteiger charge is 2.27. The number of Topliss-reactive ketones (excluding diaryl/α,β-unsaturated/α-hetero) is 1. The first kappa shape index (κ1) is 15.9. The molecule has 0 spiro atoms. The van der Waals surface area contributed by atoms with Crippen molar-refractivity contribution in [2.45, 2.75) is 25.3 Å². The molecule has 3 aromatic heterocycles. The molecular formula is C19H21N5O. The molecule has 6 heteroatoms. The fraction of sp³-hybridized carbons (Fsp3) is 0.368. The lowest BCUT2D eigenvalue weighted by Gasteiger charge is -2.17. The van der Waals surface area contributed by atoms with Gasteiger partial charge in [0.05, 0.1) is 30.4 Å². The summed E-state index contributed by atoms with van der Waals surface area (Å²) in [6, 6.07) is 4.10. The highest BCUT2D eigenvalue weighted by Crippen LogP contribution is 2.23. The lowest BCUT2D eigenvalue weighted by molar-refractivity contribution is -0.122. The Morgan fingerprint density at radius 2 is 2.04 bits per heavy atom. The van der Waals surface area contributed by atoms with Gasteiger partial charge >= 0.3 is 0 Å². The van der Waals surface area contributed by atoms with E-state index in [1.807, 2.05) is 38.8 Å². The molecule has 1 saturated heterocycles. The number of likely N-dealkylation sites (tertiary alicyclic amines) is 1. The van der Waals surface area contributed by atoms with Crippen LogP contribution in [0.3, 0.4) is 0 Å². The number of likely N-dealkylation sites (N-methyl/N-ethyl adjacent to an activating group) is 1. The first-order valence-electron chi connectivity index (χ1n) is 8.57. The van der Waals surface area contributed by atoms with E-state index in [-0.39, 0.29) is 11.8 Å². The molecule has 0 radical (unpaired) electrons. The zero-order valence-corrected chi connectivity index (χ0v) is 14.5. The first-order chi connectivity index (χ1) is 12.1. The normalized spacial score (nSPS) is 18.1. The minimum Gasteiger partial charge on any atom is -0.297 e. The van der Waals surface area contributed by atoms with Crippen LogP contribution in [0.1, 0.15) is 18.5 Å². The number of rotatable bonds is 4. The minimum absolute atomic E-state index is 0.0392. The van der Waals surface area contributed by atoms with Gasteiger partial charge in [0, 0.05) is 41.6 Å². The van der Waals surface area contributed by atoms with Crippen LogP contribution in [0.2, 0.25) is 0 Å². The SMILES string of the molecule is CN1CCC[C@@H]1C(=O)Cc1cc2cc(-c3cnn(C)c3)cnc2cn1. The number of aromatic nitrogens is 4. The predicted molar refractivity (Wildman–Crippen MR) is 96.1 cm³/mol. The van der Waals surface area contributed by atoms with Crippen LogP contribution in [0.4, 0.5) is 0 Å². The zero-order chi connectivity index (χ0) is 17.4. The van der Waals surface area contributed by atoms with Crippen molar-refractivity contribution >= 4 is 16.7 Å². The molecule has 0 saturated carbocycles. The Morgan fingerprint density at radius 1 is 1.16 bits per heavy atom. The topological polar surface area (TPSA) is 63.9 Å². The average molecular weight is 335 g/mol. The van der Waals surface area contributed by atoms with E-state index in [0.29, 0.717) is 6.42 Å². The van der Waals surface area contributed by atoms with Gasteiger partial charge in [-0.25, -0.2) is 0 Å². The summed E-state index contributed by atoms with van der Waals surface area (Å²) < 4.78 is 1.77. The number of hydrogen-bond donors (Lipinski definition) is 0. The third kappa shape index (κ3) is 3.17. The fourth-order valence-electron chi connectivity index (χ4n) is 3.51. The van der Waals surface area contributed by atoms with Crippen molar-refractivity contribution in [1.29, 1.82) is 0 Å². The van der Waals surface area contributed by atoms with Crippen LogP contribution in [-0.2, 0) is 18.3 Å². The lowest BCUT2D eigenvalue weighted by Crippen LogP contribution is -2.34. The van der Waals surface area contributed by atoms with Crippen LogP contribution in [0, 0.1) is 0 Å². The van der Waals surface area contributed by atoms with Crippen LogP contribution in [0.15, 0.2) is 36.9 Å². The van der Waals surface area contributed by atoms with Gasteiger partial charge in [-0.2, -0.15) is 5.10 Å². The van der Waals surface area contributed by atoms with Crippen molar-refractivity contribution in [2.24, 2.45) is 7.05 Å². The number of aryl methyl sites for hydroxylation is 1. The summed E-state index contributed by atoms with van der Waals surface area (Å²) >= 11 is 0. The predicted octanol–water partition coefficient (Wildman–Crippen LogP) is 2.24. The first-order valence-corrected chi connectivity index (χ1v) is 8.57. The quantitative estimate of drug-likeness (QED) is 0.732. The van der Waals surface area contributed by atoms with Gasteiger partial charge in [0.25, 0.3) is 0 Å². The molecule has 1 aliphatic heterocycles. The highest BCUT2D eigenvalue weighted by atomic mass is 16.1. The molecule has 0 aliphatic carbocycles. The molecule has 0 unspecified atom stereocenters. The molecular weight excluding hydrogens is 314 g/mol. The smallest absolute Gasteiger partial charge is 0.155 e. The van der Waals surface area contributed by atoms with Gasteiger partial charge in [0.2, 0.25) is 0 Å².